The van der Waals surface area contributed by atoms with Crippen molar-refractivity contribution in [3.05, 3.63) is 29.3 Å². The van der Waals surface area contributed by atoms with Crippen LogP contribution in [0.2, 0.25) is 0 Å². The lowest BCUT2D eigenvalue weighted by molar-refractivity contribution is 0.739. The summed E-state index contributed by atoms with van der Waals surface area (Å²) in [5.74, 6) is 6.36. The summed E-state index contributed by atoms with van der Waals surface area (Å²) in [6, 6.07) is 0. The molecule has 0 aliphatic carbocycles. The van der Waals surface area contributed by atoms with E-state index >= 15 is 0 Å². The Morgan fingerprint density at radius 2 is 2.40 bits per heavy atom. The summed E-state index contributed by atoms with van der Waals surface area (Å²) in [4.78, 5) is 9.55. The van der Waals surface area contributed by atoms with Crippen molar-refractivity contribution in [1.82, 2.24) is 14.5 Å². The van der Waals surface area contributed by atoms with Crippen molar-refractivity contribution in [3.8, 4) is 0 Å². The number of anilines is 1. The number of nitrogens with zero attached hydrogens (tertiary/aromatic N) is 3. The monoisotopic (exact) mass is 223 g/mol. The summed E-state index contributed by atoms with van der Waals surface area (Å²) in [6.45, 7) is 2.90. The number of hydrogen-bond acceptors (Lipinski definition) is 5. The van der Waals surface area contributed by atoms with Crippen LogP contribution in [0.3, 0.4) is 0 Å². The van der Waals surface area contributed by atoms with Gasteiger partial charge < -0.3 is 4.57 Å². The summed E-state index contributed by atoms with van der Waals surface area (Å²) >= 11 is 1.55. The lowest BCUT2D eigenvalue weighted by atomic mass is 10.4. The molecule has 0 aliphatic heterocycles. The molecule has 0 saturated carbocycles. The third kappa shape index (κ3) is 2.16. The molecule has 0 bridgehead atoms. The van der Waals surface area contributed by atoms with Gasteiger partial charge in [0.05, 0.1) is 6.54 Å². The standard InChI is InChI=1S/C9H13N5S/c1-2-8-11-3-4-14(8)6-7-5-12-9(13-10)15-7/h3-5H,2,6,10H2,1H3,(H,12,13). The predicted molar refractivity (Wildman–Crippen MR) is 60.6 cm³/mol. The second-order valence-corrected chi connectivity index (χ2v) is 4.22. The minimum Gasteiger partial charge on any atom is -0.330 e. The SMILES string of the molecule is CCc1nccn1Cc1cnc(NN)s1. The van der Waals surface area contributed by atoms with Gasteiger partial charge in [0, 0.05) is 29.9 Å². The number of hydrazine groups is 1. The fourth-order valence-corrected chi connectivity index (χ4v) is 2.14. The molecule has 80 valence electrons. The van der Waals surface area contributed by atoms with Gasteiger partial charge in [0.2, 0.25) is 0 Å². The normalized spacial score (nSPS) is 10.5. The van der Waals surface area contributed by atoms with Gasteiger partial charge in [-0.3, -0.25) is 5.43 Å². The Kier molecular flexibility index (Phi) is 2.98. The largest absolute Gasteiger partial charge is 0.330 e. The van der Waals surface area contributed by atoms with Crippen LogP contribution in [0.1, 0.15) is 17.6 Å². The maximum Gasteiger partial charge on any atom is 0.197 e. The van der Waals surface area contributed by atoms with E-state index < -0.39 is 0 Å². The van der Waals surface area contributed by atoms with Crippen LogP contribution in [0, 0.1) is 0 Å². The van der Waals surface area contributed by atoms with Gasteiger partial charge in [0.1, 0.15) is 5.82 Å². The Bertz CT molecular complexity index is 433. The fourth-order valence-electron chi connectivity index (χ4n) is 1.41. The zero-order valence-electron chi connectivity index (χ0n) is 8.47. The first kappa shape index (κ1) is 10.1. The highest BCUT2D eigenvalue weighted by Crippen LogP contribution is 2.18. The maximum atomic E-state index is 5.27. The third-order valence-corrected chi connectivity index (χ3v) is 3.03. The number of imidazole rings is 1. The van der Waals surface area contributed by atoms with Crippen LogP contribution in [0.5, 0.6) is 0 Å². The smallest absolute Gasteiger partial charge is 0.197 e. The van der Waals surface area contributed by atoms with Crippen LogP contribution in [-0.2, 0) is 13.0 Å². The molecular formula is C9H13N5S. The molecule has 3 N–H and O–H groups in total. The Labute approximate surface area is 91.9 Å². The Balaban J connectivity index is 2.14. The molecule has 0 atom stereocenters. The van der Waals surface area contributed by atoms with Crippen molar-refractivity contribution in [3.63, 3.8) is 0 Å². The number of nitrogen functional groups attached to an aromatic ring is 1. The molecule has 6 heteroatoms. The van der Waals surface area contributed by atoms with Crippen LogP contribution < -0.4 is 11.3 Å². The summed E-state index contributed by atoms with van der Waals surface area (Å²) in [5, 5.41) is 0.739. The van der Waals surface area contributed by atoms with E-state index in [9.17, 15) is 0 Å². The number of hydrogen-bond donors (Lipinski definition) is 2. The van der Waals surface area contributed by atoms with E-state index in [4.69, 9.17) is 5.84 Å². The second-order valence-electron chi connectivity index (χ2n) is 3.10. The number of thiazole rings is 1. The Morgan fingerprint density at radius 3 is 3.07 bits per heavy atom. The van der Waals surface area contributed by atoms with Crippen molar-refractivity contribution >= 4 is 16.5 Å². The van der Waals surface area contributed by atoms with Crippen LogP contribution >= 0.6 is 11.3 Å². The molecule has 2 aromatic heterocycles. The number of rotatable bonds is 4. The zero-order chi connectivity index (χ0) is 10.7. The number of aromatic nitrogens is 3. The average molecular weight is 223 g/mol. The lowest BCUT2D eigenvalue weighted by Gasteiger charge is -2.02. The van der Waals surface area contributed by atoms with Gasteiger partial charge in [0.15, 0.2) is 5.13 Å². The summed E-state index contributed by atoms with van der Waals surface area (Å²) in [7, 11) is 0. The molecule has 2 rings (SSSR count). The molecule has 0 amide bonds. The summed E-state index contributed by atoms with van der Waals surface area (Å²) < 4.78 is 2.12. The highest BCUT2D eigenvalue weighted by Gasteiger charge is 2.04. The number of nitrogens with one attached hydrogen (secondary N) is 1. The summed E-state index contributed by atoms with van der Waals surface area (Å²) in [5.41, 5.74) is 2.54. The lowest BCUT2D eigenvalue weighted by Crippen LogP contribution is -2.05. The van der Waals surface area contributed by atoms with Gasteiger partial charge in [-0.05, 0) is 0 Å². The third-order valence-electron chi connectivity index (χ3n) is 2.12. The first-order valence-corrected chi connectivity index (χ1v) is 5.56. The molecule has 15 heavy (non-hydrogen) atoms. The van der Waals surface area contributed by atoms with E-state index in [2.05, 4.69) is 26.9 Å². The Hall–Kier alpha value is -1.40. The van der Waals surface area contributed by atoms with Crippen LogP contribution in [0.25, 0.3) is 0 Å². The van der Waals surface area contributed by atoms with Gasteiger partial charge in [-0.25, -0.2) is 15.8 Å². The van der Waals surface area contributed by atoms with Crippen molar-refractivity contribution in [2.24, 2.45) is 5.84 Å². The minimum atomic E-state index is 0.739. The van der Waals surface area contributed by atoms with Gasteiger partial charge in [-0.1, -0.05) is 18.3 Å². The molecule has 0 unspecified atom stereocenters. The molecular weight excluding hydrogens is 210 g/mol. The van der Waals surface area contributed by atoms with E-state index in [0.29, 0.717) is 0 Å². The second kappa shape index (κ2) is 4.41. The van der Waals surface area contributed by atoms with Gasteiger partial charge in [-0.2, -0.15) is 0 Å². The topological polar surface area (TPSA) is 68.8 Å². The first-order valence-electron chi connectivity index (χ1n) is 4.74. The van der Waals surface area contributed by atoms with Crippen molar-refractivity contribution in [1.29, 1.82) is 0 Å². The first-order chi connectivity index (χ1) is 7.33. The number of nitrogens with two attached hydrogens (primary N) is 1. The summed E-state index contributed by atoms with van der Waals surface area (Å²) in [6.07, 6.45) is 6.57. The highest BCUT2D eigenvalue weighted by atomic mass is 32.1. The molecule has 0 spiro atoms. The molecule has 2 aromatic rings. The molecule has 0 fully saturated rings. The van der Waals surface area contributed by atoms with Crippen molar-refractivity contribution in [2.45, 2.75) is 19.9 Å². The molecule has 5 nitrogen and oxygen atoms in total. The molecule has 0 saturated heterocycles. The van der Waals surface area contributed by atoms with E-state index in [-0.39, 0.29) is 0 Å². The van der Waals surface area contributed by atoms with E-state index in [1.807, 2.05) is 18.6 Å². The molecule has 0 aromatic carbocycles. The fraction of sp³-hybridized carbons (Fsp3) is 0.333. The average Bonchev–Trinajstić information content (AvgIpc) is 2.87. The number of aryl methyl sites for hydroxylation is 1. The predicted octanol–water partition coefficient (Wildman–Crippen LogP) is 1.24. The van der Waals surface area contributed by atoms with Crippen molar-refractivity contribution < 1.29 is 0 Å². The van der Waals surface area contributed by atoms with E-state index in [0.717, 1.165) is 28.8 Å². The van der Waals surface area contributed by atoms with Crippen LogP contribution in [0.4, 0.5) is 5.13 Å². The van der Waals surface area contributed by atoms with Crippen LogP contribution in [-0.4, -0.2) is 14.5 Å². The zero-order valence-corrected chi connectivity index (χ0v) is 9.29. The van der Waals surface area contributed by atoms with E-state index in [1.54, 1.807) is 11.3 Å². The van der Waals surface area contributed by atoms with Gasteiger partial charge >= 0.3 is 0 Å². The maximum absolute atomic E-state index is 5.27. The Morgan fingerprint density at radius 1 is 1.53 bits per heavy atom. The van der Waals surface area contributed by atoms with Gasteiger partial charge in [0.25, 0.3) is 0 Å². The minimum absolute atomic E-state index is 0.739. The van der Waals surface area contributed by atoms with Crippen molar-refractivity contribution in [2.75, 3.05) is 5.43 Å². The molecule has 0 aliphatic rings. The molecule has 0 radical (unpaired) electrons. The highest BCUT2D eigenvalue weighted by molar-refractivity contribution is 7.15. The quantitative estimate of drug-likeness (QED) is 0.604. The van der Waals surface area contributed by atoms with Crippen LogP contribution in [0.15, 0.2) is 18.6 Å². The van der Waals surface area contributed by atoms with E-state index in [1.165, 1.54) is 0 Å². The molecule has 2 heterocycles. The van der Waals surface area contributed by atoms with Gasteiger partial charge in [-0.15, -0.1) is 0 Å².